The largest absolute Gasteiger partial charge is 0.360 e. The Morgan fingerprint density at radius 1 is 1.16 bits per heavy atom. The van der Waals surface area contributed by atoms with Gasteiger partial charge in [-0.1, -0.05) is 54.2 Å². The highest BCUT2D eigenvalue weighted by Crippen LogP contribution is 2.42. The quantitative estimate of drug-likeness (QED) is 0.402. The van der Waals surface area contributed by atoms with E-state index < -0.39 is 0 Å². The first-order valence-corrected chi connectivity index (χ1v) is 11.6. The molecule has 2 aromatic heterocycles. The van der Waals surface area contributed by atoms with Crippen LogP contribution in [-0.2, 0) is 11.2 Å². The third-order valence-corrected chi connectivity index (χ3v) is 6.66. The van der Waals surface area contributed by atoms with Crippen LogP contribution in [0.3, 0.4) is 0 Å². The van der Waals surface area contributed by atoms with Gasteiger partial charge in [0, 0.05) is 35.2 Å². The molecule has 1 saturated carbocycles. The number of fused-ring (bicyclic) bond motifs is 1. The summed E-state index contributed by atoms with van der Waals surface area (Å²) in [5, 5.41) is 13.9. The summed E-state index contributed by atoms with van der Waals surface area (Å²) in [7, 11) is 0. The number of thioether (sulfide) groups is 1. The number of benzene rings is 2. The minimum Gasteiger partial charge on any atom is -0.360 e. The molecule has 0 atom stereocenters. The zero-order valence-electron chi connectivity index (χ0n) is 17.5. The zero-order chi connectivity index (χ0) is 21.2. The summed E-state index contributed by atoms with van der Waals surface area (Å²) in [5.41, 5.74) is 4.68. The van der Waals surface area contributed by atoms with E-state index in [2.05, 4.69) is 56.3 Å². The van der Waals surface area contributed by atoms with E-state index in [0.717, 1.165) is 46.7 Å². The molecule has 5 rings (SSSR count). The van der Waals surface area contributed by atoms with Crippen LogP contribution >= 0.6 is 11.8 Å². The fraction of sp³-hybridized carbons (Fsp3) is 0.292. The Bertz CT molecular complexity index is 1220. The molecule has 0 spiro atoms. The first kappa shape index (κ1) is 19.9. The number of hydrogen-bond donors (Lipinski definition) is 2. The topological polar surface area (TPSA) is 75.6 Å². The summed E-state index contributed by atoms with van der Waals surface area (Å²) >= 11 is 1.46. The van der Waals surface area contributed by atoms with Crippen LogP contribution in [0.25, 0.3) is 22.3 Å². The molecule has 0 radical (unpaired) electrons. The number of rotatable bonds is 8. The average molecular weight is 432 g/mol. The van der Waals surface area contributed by atoms with Gasteiger partial charge >= 0.3 is 0 Å². The van der Waals surface area contributed by atoms with Crippen molar-refractivity contribution in [2.75, 3.05) is 12.3 Å². The number of nitrogens with zero attached hydrogens (tertiary/aromatic N) is 3. The molecule has 0 unspecified atom stereocenters. The van der Waals surface area contributed by atoms with E-state index in [1.807, 2.05) is 30.5 Å². The van der Waals surface area contributed by atoms with Gasteiger partial charge in [0.1, 0.15) is 0 Å². The van der Waals surface area contributed by atoms with Gasteiger partial charge in [0.25, 0.3) is 0 Å². The molecule has 0 bridgehead atoms. The summed E-state index contributed by atoms with van der Waals surface area (Å²) in [5.74, 6) is 1.24. The van der Waals surface area contributed by atoms with E-state index in [1.165, 1.54) is 22.9 Å². The monoisotopic (exact) mass is 431 g/mol. The maximum absolute atomic E-state index is 12.4. The van der Waals surface area contributed by atoms with Crippen molar-refractivity contribution < 1.29 is 4.79 Å². The van der Waals surface area contributed by atoms with Gasteiger partial charge in [-0.2, -0.15) is 0 Å². The molecule has 0 saturated heterocycles. The van der Waals surface area contributed by atoms with Gasteiger partial charge in [-0.3, -0.25) is 9.36 Å². The SMILES string of the molecule is Cc1ccccc1CCNC(=O)CSc1nnc(-c2c[nH]c3ccccc23)n1C1CC1. The Morgan fingerprint density at radius 3 is 2.81 bits per heavy atom. The van der Waals surface area contributed by atoms with Crippen LogP contribution in [0.1, 0.15) is 30.0 Å². The van der Waals surface area contributed by atoms with E-state index in [0.29, 0.717) is 18.3 Å². The third kappa shape index (κ3) is 4.23. The van der Waals surface area contributed by atoms with Crippen molar-refractivity contribution in [3.8, 4) is 11.4 Å². The van der Waals surface area contributed by atoms with Crippen molar-refractivity contribution in [2.24, 2.45) is 0 Å². The molecule has 158 valence electrons. The number of carbonyl (C=O) groups excluding carboxylic acids is 1. The summed E-state index contributed by atoms with van der Waals surface area (Å²) < 4.78 is 2.21. The number of para-hydroxylation sites is 1. The van der Waals surface area contributed by atoms with Gasteiger partial charge in [-0.15, -0.1) is 10.2 Å². The molecule has 1 fully saturated rings. The Morgan fingerprint density at radius 2 is 1.97 bits per heavy atom. The highest BCUT2D eigenvalue weighted by atomic mass is 32.2. The lowest BCUT2D eigenvalue weighted by molar-refractivity contribution is -0.118. The van der Waals surface area contributed by atoms with E-state index >= 15 is 0 Å². The number of H-pyrrole nitrogens is 1. The molecular weight excluding hydrogens is 406 g/mol. The predicted octanol–water partition coefficient (Wildman–Crippen LogP) is 4.52. The molecule has 6 nitrogen and oxygen atoms in total. The highest BCUT2D eigenvalue weighted by molar-refractivity contribution is 7.99. The first-order valence-electron chi connectivity index (χ1n) is 10.7. The van der Waals surface area contributed by atoms with Gasteiger partial charge in [0.15, 0.2) is 11.0 Å². The molecule has 2 heterocycles. The second-order valence-corrected chi connectivity index (χ2v) is 8.91. The van der Waals surface area contributed by atoms with Crippen LogP contribution in [0, 0.1) is 6.92 Å². The van der Waals surface area contributed by atoms with Crippen LogP contribution in [0.4, 0.5) is 0 Å². The van der Waals surface area contributed by atoms with Crippen LogP contribution in [0.5, 0.6) is 0 Å². The van der Waals surface area contributed by atoms with Gasteiger partial charge < -0.3 is 10.3 Å². The van der Waals surface area contributed by atoms with E-state index in [4.69, 9.17) is 0 Å². The molecular formula is C24H25N5OS. The molecule has 2 aromatic carbocycles. The van der Waals surface area contributed by atoms with Crippen molar-refractivity contribution >= 4 is 28.6 Å². The smallest absolute Gasteiger partial charge is 0.230 e. The zero-order valence-corrected chi connectivity index (χ0v) is 18.3. The van der Waals surface area contributed by atoms with Crippen molar-refractivity contribution in [3.05, 3.63) is 65.9 Å². The molecule has 1 amide bonds. The lowest BCUT2D eigenvalue weighted by Crippen LogP contribution is -2.27. The lowest BCUT2D eigenvalue weighted by Gasteiger charge is -2.09. The van der Waals surface area contributed by atoms with Crippen molar-refractivity contribution in [2.45, 2.75) is 37.4 Å². The summed E-state index contributed by atoms with van der Waals surface area (Å²) in [6, 6.07) is 16.9. The van der Waals surface area contributed by atoms with Crippen LogP contribution in [0.15, 0.2) is 59.9 Å². The van der Waals surface area contributed by atoms with Gasteiger partial charge in [0.2, 0.25) is 5.91 Å². The fourth-order valence-corrected chi connectivity index (χ4v) is 4.72. The second kappa shape index (κ2) is 8.59. The Kier molecular flexibility index (Phi) is 5.51. The summed E-state index contributed by atoms with van der Waals surface area (Å²) in [6.45, 7) is 2.74. The first-order chi connectivity index (χ1) is 15.2. The molecule has 31 heavy (non-hydrogen) atoms. The molecule has 1 aliphatic carbocycles. The molecule has 1 aliphatic rings. The van der Waals surface area contributed by atoms with E-state index in [9.17, 15) is 4.79 Å². The van der Waals surface area contributed by atoms with Crippen LogP contribution in [-0.4, -0.2) is 38.0 Å². The number of amides is 1. The number of aromatic nitrogens is 4. The molecule has 7 heteroatoms. The highest BCUT2D eigenvalue weighted by Gasteiger charge is 2.31. The predicted molar refractivity (Wildman–Crippen MR) is 124 cm³/mol. The van der Waals surface area contributed by atoms with Crippen molar-refractivity contribution in [1.29, 1.82) is 0 Å². The average Bonchev–Trinajstić information content (AvgIpc) is 3.39. The molecule has 2 N–H and O–H groups in total. The van der Waals surface area contributed by atoms with Crippen LogP contribution < -0.4 is 5.32 Å². The lowest BCUT2D eigenvalue weighted by atomic mass is 10.1. The summed E-state index contributed by atoms with van der Waals surface area (Å²) in [4.78, 5) is 15.7. The third-order valence-electron chi connectivity index (χ3n) is 5.72. The van der Waals surface area contributed by atoms with Crippen molar-refractivity contribution in [3.63, 3.8) is 0 Å². The Hall–Kier alpha value is -3.06. The molecule has 0 aliphatic heterocycles. The van der Waals surface area contributed by atoms with Gasteiger partial charge in [-0.05, 0) is 43.4 Å². The number of carbonyl (C=O) groups is 1. The van der Waals surface area contributed by atoms with Gasteiger partial charge in [0.05, 0.1) is 5.75 Å². The standard InChI is InChI=1S/C24H25N5OS/c1-16-6-2-3-7-17(16)12-13-25-22(30)15-31-24-28-27-23(29(24)18-10-11-18)20-14-26-21-9-5-4-8-19(20)21/h2-9,14,18,26H,10-13,15H2,1H3,(H,25,30). The normalized spacial score (nSPS) is 13.6. The number of aryl methyl sites for hydroxylation is 1. The van der Waals surface area contributed by atoms with Crippen molar-refractivity contribution in [1.82, 2.24) is 25.1 Å². The number of nitrogens with one attached hydrogen (secondary N) is 2. The van der Waals surface area contributed by atoms with Crippen LogP contribution in [0.2, 0.25) is 0 Å². The second-order valence-electron chi connectivity index (χ2n) is 7.97. The fourth-order valence-electron chi connectivity index (χ4n) is 3.89. The maximum atomic E-state index is 12.4. The van der Waals surface area contributed by atoms with E-state index in [1.54, 1.807) is 0 Å². The molecule has 4 aromatic rings. The van der Waals surface area contributed by atoms with E-state index in [-0.39, 0.29) is 5.91 Å². The van der Waals surface area contributed by atoms with Gasteiger partial charge in [-0.25, -0.2) is 0 Å². The maximum Gasteiger partial charge on any atom is 0.230 e. The summed E-state index contributed by atoms with van der Waals surface area (Å²) in [6.07, 6.45) is 5.10. The minimum absolute atomic E-state index is 0.0255. The minimum atomic E-state index is 0.0255. The number of hydrogen-bond acceptors (Lipinski definition) is 4. The Balaban J connectivity index is 1.25. The Labute approximate surface area is 185 Å². The number of aromatic amines is 1.